The molecule has 0 radical (unpaired) electrons. The first-order valence-corrected chi connectivity index (χ1v) is 7.60. The summed E-state index contributed by atoms with van der Waals surface area (Å²) in [4.78, 5) is 9.78. The van der Waals surface area contributed by atoms with Gasteiger partial charge in [-0.1, -0.05) is 0 Å². The number of benzene rings is 1. The van der Waals surface area contributed by atoms with E-state index >= 15 is 0 Å². The molecule has 2 aliphatic rings. The van der Waals surface area contributed by atoms with Gasteiger partial charge in [-0.05, 0) is 37.8 Å². The first kappa shape index (κ1) is 16.0. The summed E-state index contributed by atoms with van der Waals surface area (Å²) in [6, 6.07) is 3.12. The highest BCUT2D eigenvalue weighted by atomic mass is 19.4. The zero-order chi connectivity index (χ0) is 16.6. The second-order valence-electron chi connectivity index (χ2n) is 6.03. The van der Waals surface area contributed by atoms with Gasteiger partial charge in [-0.2, -0.15) is 13.2 Å². The molecule has 5 nitrogen and oxygen atoms in total. The molecule has 0 aromatic heterocycles. The molecule has 1 aromatic carbocycles. The maximum atomic E-state index is 13.0. The average Bonchev–Trinajstić information content (AvgIpc) is 2.95. The Labute approximate surface area is 131 Å². The van der Waals surface area contributed by atoms with E-state index in [2.05, 4.69) is 5.32 Å². The fourth-order valence-corrected chi connectivity index (χ4v) is 3.58. The predicted molar refractivity (Wildman–Crippen MR) is 77.2 cm³/mol. The summed E-state index contributed by atoms with van der Waals surface area (Å²) in [7, 11) is 0. The van der Waals surface area contributed by atoms with E-state index in [0.717, 1.165) is 37.8 Å². The van der Waals surface area contributed by atoms with E-state index in [0.29, 0.717) is 6.61 Å². The lowest BCUT2D eigenvalue weighted by molar-refractivity contribution is -0.388. The Hall–Kier alpha value is -1.83. The molecule has 0 amide bonds. The molecular formula is C15H17F3N2O3. The van der Waals surface area contributed by atoms with Gasteiger partial charge in [0.05, 0.1) is 11.0 Å². The monoisotopic (exact) mass is 330 g/mol. The number of halogens is 3. The van der Waals surface area contributed by atoms with Crippen molar-refractivity contribution in [2.24, 2.45) is 5.92 Å². The van der Waals surface area contributed by atoms with Crippen molar-refractivity contribution in [1.29, 1.82) is 0 Å². The van der Waals surface area contributed by atoms with Gasteiger partial charge in [-0.3, -0.25) is 10.1 Å². The molecule has 126 valence electrons. The van der Waals surface area contributed by atoms with Crippen molar-refractivity contribution in [2.75, 3.05) is 11.9 Å². The van der Waals surface area contributed by atoms with E-state index < -0.39 is 22.4 Å². The Bertz CT molecular complexity index is 606. The largest absolute Gasteiger partial charge is 0.423 e. The number of ether oxygens (including phenoxy) is 1. The maximum absolute atomic E-state index is 13.0. The predicted octanol–water partition coefficient (Wildman–Crippen LogP) is 3.98. The van der Waals surface area contributed by atoms with Gasteiger partial charge in [0.1, 0.15) is 5.56 Å². The number of nitrogens with one attached hydrogen (secondary N) is 1. The summed E-state index contributed by atoms with van der Waals surface area (Å²) in [6.07, 6.45) is -0.897. The van der Waals surface area contributed by atoms with Crippen LogP contribution in [0.15, 0.2) is 18.2 Å². The van der Waals surface area contributed by atoms with Gasteiger partial charge >= 0.3 is 6.18 Å². The van der Waals surface area contributed by atoms with Crippen molar-refractivity contribution >= 4 is 11.4 Å². The molecule has 8 heteroatoms. The molecule has 0 bridgehead atoms. The van der Waals surface area contributed by atoms with Crippen LogP contribution < -0.4 is 5.32 Å². The Kier molecular flexibility index (Phi) is 4.18. The fourth-order valence-electron chi connectivity index (χ4n) is 3.58. The van der Waals surface area contributed by atoms with Gasteiger partial charge in [0, 0.05) is 30.3 Å². The second-order valence-corrected chi connectivity index (χ2v) is 6.03. The molecule has 1 aromatic rings. The first-order valence-electron chi connectivity index (χ1n) is 7.60. The zero-order valence-corrected chi connectivity index (χ0v) is 12.3. The minimum atomic E-state index is -4.76. The lowest BCUT2D eigenvalue weighted by atomic mass is 9.81. The van der Waals surface area contributed by atoms with Crippen LogP contribution in [-0.2, 0) is 10.9 Å². The number of nitro groups is 1. The topological polar surface area (TPSA) is 64.4 Å². The molecule has 3 unspecified atom stereocenters. The number of nitro benzene ring substituents is 1. The number of rotatable bonds is 3. The van der Waals surface area contributed by atoms with Crippen LogP contribution in [-0.4, -0.2) is 23.7 Å². The molecule has 1 heterocycles. The van der Waals surface area contributed by atoms with Gasteiger partial charge < -0.3 is 10.1 Å². The molecule has 1 N–H and O–H groups in total. The summed E-state index contributed by atoms with van der Waals surface area (Å²) in [5.74, 6) is 0.285. The first-order chi connectivity index (χ1) is 10.9. The number of alkyl halides is 3. The SMILES string of the molecule is O=[N+]([O-])c1ccc(NC2CCCC3OCCC23)cc1C(F)(F)F. The Morgan fingerprint density at radius 1 is 1.26 bits per heavy atom. The molecule has 23 heavy (non-hydrogen) atoms. The van der Waals surface area contributed by atoms with Gasteiger partial charge in [-0.15, -0.1) is 0 Å². The van der Waals surface area contributed by atoms with Crippen LogP contribution in [0.1, 0.15) is 31.2 Å². The van der Waals surface area contributed by atoms with Crippen molar-refractivity contribution in [2.45, 2.75) is 44.0 Å². The minimum absolute atomic E-state index is 0.0405. The van der Waals surface area contributed by atoms with Crippen molar-refractivity contribution < 1.29 is 22.8 Å². The Balaban J connectivity index is 1.84. The van der Waals surface area contributed by atoms with Crippen LogP contribution in [0.2, 0.25) is 0 Å². The lowest BCUT2D eigenvalue weighted by Crippen LogP contribution is -2.38. The summed E-state index contributed by atoms with van der Waals surface area (Å²) >= 11 is 0. The van der Waals surface area contributed by atoms with E-state index in [1.165, 1.54) is 6.07 Å². The third-order valence-electron chi connectivity index (χ3n) is 4.63. The maximum Gasteiger partial charge on any atom is 0.423 e. The second kappa shape index (κ2) is 5.99. The van der Waals surface area contributed by atoms with Crippen LogP contribution in [0.25, 0.3) is 0 Å². The summed E-state index contributed by atoms with van der Waals surface area (Å²) in [6.45, 7) is 0.682. The number of hydrogen-bond donors (Lipinski definition) is 1. The molecular weight excluding hydrogens is 313 g/mol. The van der Waals surface area contributed by atoms with Crippen LogP contribution in [0, 0.1) is 16.0 Å². The highest BCUT2D eigenvalue weighted by molar-refractivity contribution is 5.55. The van der Waals surface area contributed by atoms with E-state index in [4.69, 9.17) is 4.74 Å². The van der Waals surface area contributed by atoms with Gasteiger partial charge in [0.25, 0.3) is 5.69 Å². The lowest BCUT2D eigenvalue weighted by Gasteiger charge is -2.34. The van der Waals surface area contributed by atoms with E-state index in [1.54, 1.807) is 0 Å². The van der Waals surface area contributed by atoms with Crippen molar-refractivity contribution in [3.63, 3.8) is 0 Å². The number of hydrogen-bond acceptors (Lipinski definition) is 4. The number of nitrogens with zero attached hydrogens (tertiary/aromatic N) is 1. The molecule has 3 atom stereocenters. The van der Waals surface area contributed by atoms with Crippen molar-refractivity contribution in [3.8, 4) is 0 Å². The smallest absolute Gasteiger partial charge is 0.382 e. The summed E-state index contributed by atoms with van der Waals surface area (Å²) in [5.41, 5.74) is -1.88. The standard InChI is InChI=1S/C15H17F3N2O3/c16-15(17,18)11-8-9(4-5-13(11)20(21)22)19-12-2-1-3-14-10(12)6-7-23-14/h4-5,8,10,12,14,19H,1-3,6-7H2. The van der Waals surface area contributed by atoms with Gasteiger partial charge in [0.15, 0.2) is 0 Å². The molecule has 1 aliphatic carbocycles. The quantitative estimate of drug-likeness (QED) is 0.672. The molecule has 1 aliphatic heterocycles. The average molecular weight is 330 g/mol. The third kappa shape index (κ3) is 3.26. The van der Waals surface area contributed by atoms with E-state index in [-0.39, 0.29) is 23.8 Å². The summed E-state index contributed by atoms with van der Waals surface area (Å²) in [5, 5.41) is 13.9. The number of anilines is 1. The van der Waals surface area contributed by atoms with Crippen LogP contribution >= 0.6 is 0 Å². The summed E-state index contributed by atoms with van der Waals surface area (Å²) < 4.78 is 44.7. The Morgan fingerprint density at radius 3 is 2.74 bits per heavy atom. The van der Waals surface area contributed by atoms with Crippen LogP contribution in [0.4, 0.5) is 24.5 Å². The zero-order valence-electron chi connectivity index (χ0n) is 12.3. The van der Waals surface area contributed by atoms with Crippen molar-refractivity contribution in [3.05, 3.63) is 33.9 Å². The van der Waals surface area contributed by atoms with E-state index in [1.807, 2.05) is 0 Å². The third-order valence-corrected chi connectivity index (χ3v) is 4.63. The fraction of sp³-hybridized carbons (Fsp3) is 0.600. The molecule has 0 spiro atoms. The molecule has 1 saturated carbocycles. The molecule has 2 fully saturated rings. The highest BCUT2D eigenvalue weighted by Crippen LogP contribution is 2.39. The van der Waals surface area contributed by atoms with Crippen LogP contribution in [0.3, 0.4) is 0 Å². The number of fused-ring (bicyclic) bond motifs is 1. The van der Waals surface area contributed by atoms with Gasteiger partial charge in [-0.25, -0.2) is 0 Å². The molecule has 1 saturated heterocycles. The minimum Gasteiger partial charge on any atom is -0.382 e. The van der Waals surface area contributed by atoms with Gasteiger partial charge in [0.2, 0.25) is 0 Å². The van der Waals surface area contributed by atoms with E-state index in [9.17, 15) is 23.3 Å². The Morgan fingerprint density at radius 2 is 2.04 bits per heavy atom. The normalized spacial score (nSPS) is 27.5. The molecule has 3 rings (SSSR count). The van der Waals surface area contributed by atoms with Crippen molar-refractivity contribution in [1.82, 2.24) is 0 Å². The highest BCUT2D eigenvalue weighted by Gasteiger charge is 2.40. The van der Waals surface area contributed by atoms with Crippen LogP contribution in [0.5, 0.6) is 0 Å².